The molecule has 0 spiro atoms. The van der Waals surface area contributed by atoms with E-state index in [4.69, 9.17) is 0 Å². The van der Waals surface area contributed by atoms with Gasteiger partial charge in [0.05, 0.1) is 12.6 Å². The van der Waals surface area contributed by atoms with Crippen LogP contribution in [0, 0.1) is 0 Å². The monoisotopic (exact) mass is 343 g/mol. The smallest absolute Gasteiger partial charge is 0.0613 e. The minimum absolute atomic E-state index is 0.0495. The summed E-state index contributed by atoms with van der Waals surface area (Å²) in [5.74, 6) is 0. The van der Waals surface area contributed by atoms with Crippen molar-refractivity contribution in [1.82, 2.24) is 4.90 Å². The molecule has 0 aliphatic heterocycles. The highest BCUT2D eigenvalue weighted by atomic mass is 16.2. The lowest BCUT2D eigenvalue weighted by molar-refractivity contribution is 0.211. The summed E-state index contributed by atoms with van der Waals surface area (Å²) in [5, 5.41) is 9.32. The molecule has 0 bridgehead atoms. The molecule has 0 fully saturated rings. The van der Waals surface area contributed by atoms with Gasteiger partial charge in [-0.25, -0.2) is 0 Å². The Morgan fingerprint density at radius 3 is 1.62 bits per heavy atom. The second-order valence-corrected chi connectivity index (χ2v) is 6.34. The molecule has 3 aromatic rings. The Bertz CT molecular complexity index is 743. The molecule has 2 heteroatoms. The van der Waals surface area contributed by atoms with Gasteiger partial charge < -0.3 is 5.11 Å². The summed E-state index contributed by atoms with van der Waals surface area (Å²) in [7, 11) is 0. The van der Waals surface area contributed by atoms with Gasteiger partial charge in [-0.2, -0.15) is 0 Å². The maximum absolute atomic E-state index is 9.32. The summed E-state index contributed by atoms with van der Waals surface area (Å²) < 4.78 is 0. The van der Waals surface area contributed by atoms with Gasteiger partial charge in [0.1, 0.15) is 0 Å². The van der Waals surface area contributed by atoms with Gasteiger partial charge >= 0.3 is 0 Å². The molecule has 0 aromatic heterocycles. The van der Waals surface area contributed by atoms with Gasteiger partial charge in [-0.1, -0.05) is 103 Å². The van der Waals surface area contributed by atoms with Crippen molar-refractivity contribution in [3.63, 3.8) is 0 Å². The quantitative estimate of drug-likeness (QED) is 0.583. The van der Waals surface area contributed by atoms with Crippen LogP contribution >= 0.6 is 0 Å². The standard InChI is InChI=1S/C24H25NO/c26-18-10-17-24(23-15-8-3-9-16-23)25(19-21-11-4-1-5-12-21)20-22-13-6-2-7-14-22/h1-17,24,26H,18-20H2/b17-10-/t24-/m1/s1. The van der Waals surface area contributed by atoms with Crippen LogP contribution in [0.4, 0.5) is 0 Å². The van der Waals surface area contributed by atoms with E-state index in [2.05, 4.69) is 83.8 Å². The molecule has 0 saturated carbocycles. The zero-order valence-corrected chi connectivity index (χ0v) is 14.9. The van der Waals surface area contributed by atoms with Crippen molar-refractivity contribution >= 4 is 0 Å². The van der Waals surface area contributed by atoms with E-state index in [0.29, 0.717) is 0 Å². The number of nitrogens with zero attached hydrogens (tertiary/aromatic N) is 1. The second-order valence-electron chi connectivity index (χ2n) is 6.34. The van der Waals surface area contributed by atoms with Gasteiger partial charge in [0, 0.05) is 13.1 Å². The van der Waals surface area contributed by atoms with Crippen LogP contribution in [0.15, 0.2) is 103 Å². The molecule has 0 aliphatic carbocycles. The minimum Gasteiger partial charge on any atom is -0.392 e. The number of hydrogen-bond acceptors (Lipinski definition) is 2. The molecule has 0 amide bonds. The van der Waals surface area contributed by atoms with Crippen molar-refractivity contribution in [3.05, 3.63) is 120 Å². The Labute approximate surface area is 156 Å². The first kappa shape index (κ1) is 18.1. The minimum atomic E-state index is 0.0495. The average molecular weight is 343 g/mol. The Balaban J connectivity index is 1.93. The molecular weight excluding hydrogens is 318 g/mol. The van der Waals surface area contributed by atoms with Crippen molar-refractivity contribution in [3.8, 4) is 0 Å². The van der Waals surface area contributed by atoms with Crippen molar-refractivity contribution in [2.24, 2.45) is 0 Å². The van der Waals surface area contributed by atoms with Gasteiger partial charge in [-0.3, -0.25) is 4.90 Å². The zero-order valence-electron chi connectivity index (χ0n) is 14.9. The van der Waals surface area contributed by atoms with Crippen molar-refractivity contribution in [1.29, 1.82) is 0 Å². The van der Waals surface area contributed by atoms with Gasteiger partial charge in [0.15, 0.2) is 0 Å². The van der Waals surface area contributed by atoms with Crippen molar-refractivity contribution < 1.29 is 5.11 Å². The van der Waals surface area contributed by atoms with E-state index >= 15 is 0 Å². The third kappa shape index (κ3) is 5.16. The van der Waals surface area contributed by atoms with E-state index in [-0.39, 0.29) is 12.6 Å². The van der Waals surface area contributed by atoms with E-state index in [9.17, 15) is 5.11 Å². The summed E-state index contributed by atoms with van der Waals surface area (Å²) >= 11 is 0. The lowest BCUT2D eigenvalue weighted by Crippen LogP contribution is -2.27. The van der Waals surface area contributed by atoms with Crippen molar-refractivity contribution in [2.45, 2.75) is 19.1 Å². The SMILES string of the molecule is OC/C=C\[C@H](c1ccccc1)N(Cc1ccccc1)Cc1ccccc1. The third-order valence-electron chi connectivity index (χ3n) is 4.42. The molecule has 3 aromatic carbocycles. The van der Waals surface area contributed by atoms with E-state index in [1.807, 2.05) is 24.3 Å². The van der Waals surface area contributed by atoms with Crippen LogP contribution in [-0.2, 0) is 13.1 Å². The summed E-state index contributed by atoms with van der Waals surface area (Å²) in [6.07, 6.45) is 3.93. The van der Waals surface area contributed by atoms with Gasteiger partial charge in [0.25, 0.3) is 0 Å². The number of aliphatic hydroxyl groups is 1. The molecule has 2 nitrogen and oxygen atoms in total. The topological polar surface area (TPSA) is 23.5 Å². The molecule has 3 rings (SSSR count). The van der Waals surface area contributed by atoms with Crippen LogP contribution in [0.1, 0.15) is 22.7 Å². The Morgan fingerprint density at radius 1 is 0.692 bits per heavy atom. The molecule has 1 atom stereocenters. The number of aliphatic hydroxyl groups excluding tert-OH is 1. The predicted octanol–water partition coefficient (Wildman–Crippen LogP) is 4.98. The number of benzene rings is 3. The highest BCUT2D eigenvalue weighted by molar-refractivity contribution is 5.25. The molecule has 132 valence electrons. The summed E-state index contributed by atoms with van der Waals surface area (Å²) in [4.78, 5) is 2.44. The Hall–Kier alpha value is -2.68. The molecule has 26 heavy (non-hydrogen) atoms. The van der Waals surface area contributed by atoms with Gasteiger partial charge in [-0.05, 0) is 16.7 Å². The first-order valence-electron chi connectivity index (χ1n) is 9.01. The summed E-state index contributed by atoms with van der Waals surface area (Å²) in [6.45, 7) is 1.73. The van der Waals surface area contributed by atoms with Gasteiger partial charge in [-0.15, -0.1) is 0 Å². The first-order valence-corrected chi connectivity index (χ1v) is 9.01. The molecule has 0 saturated heterocycles. The maximum Gasteiger partial charge on any atom is 0.0613 e. The maximum atomic E-state index is 9.32. The summed E-state index contributed by atoms with van der Waals surface area (Å²) in [6, 6.07) is 31.6. The summed E-state index contributed by atoms with van der Waals surface area (Å²) in [5.41, 5.74) is 3.78. The molecule has 1 N–H and O–H groups in total. The first-order chi connectivity index (χ1) is 12.9. The third-order valence-corrected chi connectivity index (χ3v) is 4.42. The Kier molecular flexibility index (Phi) is 6.77. The van der Waals surface area contributed by atoms with Crippen LogP contribution in [0.25, 0.3) is 0 Å². The molecular formula is C24H25NO. The van der Waals surface area contributed by atoms with E-state index in [0.717, 1.165) is 13.1 Å². The van der Waals surface area contributed by atoms with Crippen LogP contribution in [0.3, 0.4) is 0 Å². The highest BCUT2D eigenvalue weighted by Crippen LogP contribution is 2.26. The number of rotatable bonds is 8. The normalized spacial score (nSPS) is 12.5. The van der Waals surface area contributed by atoms with Crippen LogP contribution in [-0.4, -0.2) is 16.6 Å². The largest absolute Gasteiger partial charge is 0.392 e. The average Bonchev–Trinajstić information content (AvgIpc) is 2.70. The number of hydrogen-bond donors (Lipinski definition) is 1. The molecule has 0 unspecified atom stereocenters. The zero-order chi connectivity index (χ0) is 18.0. The van der Waals surface area contributed by atoms with Gasteiger partial charge in [0.2, 0.25) is 0 Å². The lowest BCUT2D eigenvalue weighted by Gasteiger charge is -2.30. The van der Waals surface area contributed by atoms with Crippen molar-refractivity contribution in [2.75, 3.05) is 6.61 Å². The lowest BCUT2D eigenvalue weighted by atomic mass is 10.0. The fourth-order valence-electron chi connectivity index (χ4n) is 3.17. The highest BCUT2D eigenvalue weighted by Gasteiger charge is 2.18. The Morgan fingerprint density at radius 2 is 1.15 bits per heavy atom. The fourth-order valence-corrected chi connectivity index (χ4v) is 3.17. The van der Waals surface area contributed by atoms with E-state index < -0.39 is 0 Å². The second kappa shape index (κ2) is 9.71. The van der Waals surface area contributed by atoms with Crippen LogP contribution in [0.2, 0.25) is 0 Å². The fraction of sp³-hybridized carbons (Fsp3) is 0.167. The molecule has 0 aliphatic rings. The van der Waals surface area contributed by atoms with E-state index in [1.54, 1.807) is 0 Å². The molecule has 0 heterocycles. The predicted molar refractivity (Wildman–Crippen MR) is 108 cm³/mol. The molecule has 0 radical (unpaired) electrons. The van der Waals surface area contributed by atoms with E-state index in [1.165, 1.54) is 16.7 Å². The van der Waals surface area contributed by atoms with Crippen LogP contribution in [0.5, 0.6) is 0 Å². The van der Waals surface area contributed by atoms with Crippen LogP contribution < -0.4 is 0 Å².